The quantitative estimate of drug-likeness (QED) is 0.808. The minimum atomic E-state index is -0.320. The van der Waals surface area contributed by atoms with E-state index in [0.717, 1.165) is 0 Å². The van der Waals surface area contributed by atoms with Crippen LogP contribution >= 0.6 is 0 Å². The maximum absolute atomic E-state index is 13.2. The van der Waals surface area contributed by atoms with Gasteiger partial charge in [0.05, 0.1) is 6.04 Å². The zero-order chi connectivity index (χ0) is 12.6. The van der Waals surface area contributed by atoms with Gasteiger partial charge in [0.2, 0.25) is 5.91 Å². The second kappa shape index (κ2) is 4.11. The average molecular weight is 236 g/mol. The highest BCUT2D eigenvalue weighted by molar-refractivity contribution is 5.98. The summed E-state index contributed by atoms with van der Waals surface area (Å²) in [4.78, 5) is 13.7. The number of rotatable bonds is 1. The van der Waals surface area contributed by atoms with Crippen molar-refractivity contribution in [1.29, 1.82) is 0 Å². The van der Waals surface area contributed by atoms with Gasteiger partial charge < -0.3 is 4.90 Å². The lowest BCUT2D eigenvalue weighted by Gasteiger charge is -2.42. The van der Waals surface area contributed by atoms with Gasteiger partial charge in [-0.1, -0.05) is 6.07 Å². The van der Waals surface area contributed by atoms with E-state index < -0.39 is 0 Å². The molecule has 3 nitrogen and oxygen atoms in total. The summed E-state index contributed by atoms with van der Waals surface area (Å²) in [5.41, 5.74) is 0.455. The first kappa shape index (κ1) is 12.0. The molecule has 2 rings (SSSR count). The number of piperazine rings is 1. The highest BCUT2D eigenvalue weighted by atomic mass is 19.1. The smallest absolute Gasteiger partial charge is 0.243 e. The zero-order valence-corrected chi connectivity index (χ0v) is 10.3. The van der Waals surface area contributed by atoms with Gasteiger partial charge in [0.1, 0.15) is 5.82 Å². The molecule has 1 atom stereocenters. The number of carbonyl (C=O) groups excluding carboxylic acids is 1. The third kappa shape index (κ3) is 2.47. The summed E-state index contributed by atoms with van der Waals surface area (Å²) in [6.45, 7) is 6.43. The largest absolute Gasteiger partial charge is 0.309 e. The van der Waals surface area contributed by atoms with Crippen LogP contribution in [-0.4, -0.2) is 24.0 Å². The van der Waals surface area contributed by atoms with E-state index in [0.29, 0.717) is 12.2 Å². The Morgan fingerprint density at radius 2 is 2.18 bits per heavy atom. The van der Waals surface area contributed by atoms with Crippen LogP contribution in [0.5, 0.6) is 0 Å². The van der Waals surface area contributed by atoms with Gasteiger partial charge in [0, 0.05) is 17.8 Å². The van der Waals surface area contributed by atoms with E-state index in [9.17, 15) is 9.18 Å². The van der Waals surface area contributed by atoms with Crippen molar-refractivity contribution in [3.63, 3.8) is 0 Å². The molecule has 0 spiro atoms. The number of halogens is 1. The summed E-state index contributed by atoms with van der Waals surface area (Å²) in [7, 11) is 0. The predicted molar refractivity (Wildman–Crippen MR) is 65.4 cm³/mol. The Morgan fingerprint density at radius 1 is 1.47 bits per heavy atom. The van der Waals surface area contributed by atoms with Crippen molar-refractivity contribution in [2.45, 2.75) is 32.4 Å². The molecule has 0 radical (unpaired) electrons. The van der Waals surface area contributed by atoms with Crippen molar-refractivity contribution in [2.75, 3.05) is 11.4 Å². The first-order chi connectivity index (χ1) is 7.89. The van der Waals surface area contributed by atoms with Gasteiger partial charge in [-0.3, -0.25) is 10.1 Å². The van der Waals surface area contributed by atoms with Crippen molar-refractivity contribution in [3.8, 4) is 0 Å². The molecule has 1 heterocycles. The zero-order valence-electron chi connectivity index (χ0n) is 10.3. The van der Waals surface area contributed by atoms with Crippen molar-refractivity contribution in [1.82, 2.24) is 5.32 Å². The highest BCUT2D eigenvalue weighted by Gasteiger charge is 2.36. The standard InChI is InChI=1S/C13H17FN2O/c1-9-12(17)16(8-13(2,3)15-9)11-6-4-5-10(14)7-11/h4-7,9,15H,8H2,1-3H3. The lowest BCUT2D eigenvalue weighted by molar-refractivity contribution is -0.122. The van der Waals surface area contributed by atoms with Crippen LogP contribution in [0.4, 0.5) is 10.1 Å². The molecule has 1 aromatic rings. The third-order valence-corrected chi connectivity index (χ3v) is 2.92. The summed E-state index contributed by atoms with van der Waals surface area (Å²) >= 11 is 0. The monoisotopic (exact) mass is 236 g/mol. The molecular weight excluding hydrogens is 219 g/mol. The van der Waals surface area contributed by atoms with Gasteiger partial charge in [-0.15, -0.1) is 0 Å². The molecule has 1 saturated heterocycles. The molecule has 1 N–H and O–H groups in total. The van der Waals surface area contributed by atoms with Gasteiger partial charge in [0.15, 0.2) is 0 Å². The molecule has 0 bridgehead atoms. The van der Waals surface area contributed by atoms with Crippen LogP contribution in [-0.2, 0) is 4.79 Å². The number of benzene rings is 1. The van der Waals surface area contributed by atoms with E-state index in [4.69, 9.17) is 0 Å². The average Bonchev–Trinajstić information content (AvgIpc) is 2.23. The third-order valence-electron chi connectivity index (χ3n) is 2.92. The summed E-state index contributed by atoms with van der Waals surface area (Å²) in [6.07, 6.45) is 0. The van der Waals surface area contributed by atoms with E-state index in [1.165, 1.54) is 12.1 Å². The van der Waals surface area contributed by atoms with E-state index in [2.05, 4.69) is 5.32 Å². The van der Waals surface area contributed by atoms with Gasteiger partial charge in [-0.25, -0.2) is 4.39 Å². The number of hydrogen-bond acceptors (Lipinski definition) is 2. The first-order valence-corrected chi connectivity index (χ1v) is 5.74. The molecule has 0 saturated carbocycles. The van der Waals surface area contributed by atoms with Crippen molar-refractivity contribution < 1.29 is 9.18 Å². The van der Waals surface area contributed by atoms with E-state index >= 15 is 0 Å². The van der Waals surface area contributed by atoms with Gasteiger partial charge in [-0.05, 0) is 39.0 Å². The summed E-state index contributed by atoms with van der Waals surface area (Å²) in [6, 6.07) is 5.91. The van der Waals surface area contributed by atoms with E-state index in [1.54, 1.807) is 17.0 Å². The maximum Gasteiger partial charge on any atom is 0.243 e. The lowest BCUT2D eigenvalue weighted by Crippen LogP contribution is -2.64. The fourth-order valence-corrected chi connectivity index (χ4v) is 2.26. The first-order valence-electron chi connectivity index (χ1n) is 5.74. The van der Waals surface area contributed by atoms with Crippen molar-refractivity contribution in [2.24, 2.45) is 0 Å². The summed E-state index contributed by atoms with van der Waals surface area (Å²) in [5, 5.41) is 3.23. The second-order valence-corrected chi connectivity index (χ2v) is 5.15. The lowest BCUT2D eigenvalue weighted by atomic mass is 9.98. The number of carbonyl (C=O) groups is 1. The minimum Gasteiger partial charge on any atom is -0.309 e. The second-order valence-electron chi connectivity index (χ2n) is 5.15. The van der Waals surface area contributed by atoms with Crippen LogP contribution in [0.15, 0.2) is 24.3 Å². The molecule has 1 aliphatic rings. The molecule has 92 valence electrons. The molecule has 1 aromatic carbocycles. The van der Waals surface area contributed by atoms with Crippen LogP contribution in [0.25, 0.3) is 0 Å². The Bertz CT molecular complexity index is 445. The number of nitrogens with zero attached hydrogens (tertiary/aromatic N) is 1. The Hall–Kier alpha value is -1.42. The fraction of sp³-hybridized carbons (Fsp3) is 0.462. The number of amides is 1. The fourth-order valence-electron chi connectivity index (χ4n) is 2.26. The van der Waals surface area contributed by atoms with E-state index in [-0.39, 0.29) is 23.3 Å². The molecule has 1 unspecified atom stereocenters. The molecule has 0 aliphatic carbocycles. The SMILES string of the molecule is CC1NC(C)(C)CN(c2cccc(F)c2)C1=O. The molecule has 4 heteroatoms. The Labute approximate surface area is 101 Å². The molecule has 1 fully saturated rings. The van der Waals surface area contributed by atoms with Crippen molar-refractivity contribution in [3.05, 3.63) is 30.1 Å². The van der Waals surface area contributed by atoms with Crippen LogP contribution in [0.3, 0.4) is 0 Å². The van der Waals surface area contributed by atoms with Crippen LogP contribution in [0.1, 0.15) is 20.8 Å². The molecular formula is C13H17FN2O. The predicted octanol–water partition coefficient (Wildman–Crippen LogP) is 1.93. The van der Waals surface area contributed by atoms with Crippen molar-refractivity contribution >= 4 is 11.6 Å². The normalized spacial score (nSPS) is 23.9. The number of hydrogen-bond donors (Lipinski definition) is 1. The summed E-state index contributed by atoms with van der Waals surface area (Å²) < 4.78 is 13.2. The van der Waals surface area contributed by atoms with Crippen LogP contribution in [0, 0.1) is 5.82 Å². The Morgan fingerprint density at radius 3 is 2.82 bits per heavy atom. The Balaban J connectivity index is 2.33. The van der Waals surface area contributed by atoms with E-state index in [1.807, 2.05) is 20.8 Å². The van der Waals surface area contributed by atoms with Gasteiger partial charge >= 0.3 is 0 Å². The number of nitrogens with one attached hydrogen (secondary N) is 1. The van der Waals surface area contributed by atoms with Gasteiger partial charge in [-0.2, -0.15) is 0 Å². The van der Waals surface area contributed by atoms with Gasteiger partial charge in [0.25, 0.3) is 0 Å². The Kier molecular flexibility index (Phi) is 2.91. The topological polar surface area (TPSA) is 32.3 Å². The number of anilines is 1. The minimum absolute atomic E-state index is 0.0186. The summed E-state index contributed by atoms with van der Waals surface area (Å²) in [5.74, 6) is -0.339. The molecule has 1 amide bonds. The molecule has 1 aliphatic heterocycles. The highest BCUT2D eigenvalue weighted by Crippen LogP contribution is 2.23. The molecule has 0 aromatic heterocycles. The maximum atomic E-state index is 13.2. The molecule has 17 heavy (non-hydrogen) atoms. The van der Waals surface area contributed by atoms with Crippen LogP contribution in [0.2, 0.25) is 0 Å². The van der Waals surface area contributed by atoms with Crippen LogP contribution < -0.4 is 10.2 Å².